The van der Waals surface area contributed by atoms with E-state index >= 15 is 0 Å². The Labute approximate surface area is 85.1 Å². The quantitative estimate of drug-likeness (QED) is 0.601. The van der Waals surface area contributed by atoms with Crippen molar-refractivity contribution in [3.8, 4) is 0 Å². The van der Waals surface area contributed by atoms with Gasteiger partial charge >= 0.3 is 0 Å². The largest absolute Gasteiger partial charge is 0.391 e. The molecule has 0 bridgehead atoms. The Morgan fingerprint density at radius 2 is 2.07 bits per heavy atom. The molecule has 0 aromatic rings. The third-order valence-electron chi connectivity index (χ3n) is 2.88. The Bertz CT molecular complexity index is 197. The van der Waals surface area contributed by atoms with Crippen LogP contribution in [0.15, 0.2) is 0 Å². The van der Waals surface area contributed by atoms with Crippen molar-refractivity contribution in [3.63, 3.8) is 0 Å². The van der Waals surface area contributed by atoms with Gasteiger partial charge in [-0.2, -0.15) is 0 Å². The van der Waals surface area contributed by atoms with Gasteiger partial charge in [-0.3, -0.25) is 4.79 Å². The maximum absolute atomic E-state index is 11.5. The number of rotatable bonds is 3. The standard InChI is InChI=1S/C10H20N2O2/c1-7(11-2)10(14)12-8-5-3-4-6-9(8)13/h7-9,11,13H,3-6H2,1-2H3,(H,12,14). The molecule has 4 heteroatoms. The van der Waals surface area contributed by atoms with Gasteiger partial charge in [-0.05, 0) is 26.8 Å². The molecule has 0 aliphatic heterocycles. The van der Waals surface area contributed by atoms with Crippen molar-refractivity contribution in [2.24, 2.45) is 0 Å². The van der Waals surface area contributed by atoms with Crippen molar-refractivity contribution in [3.05, 3.63) is 0 Å². The fraction of sp³-hybridized carbons (Fsp3) is 0.900. The molecule has 1 saturated carbocycles. The number of hydrogen-bond acceptors (Lipinski definition) is 3. The van der Waals surface area contributed by atoms with E-state index in [1.165, 1.54) is 0 Å². The minimum atomic E-state index is -0.364. The molecule has 1 fully saturated rings. The van der Waals surface area contributed by atoms with Gasteiger partial charge in [-0.1, -0.05) is 12.8 Å². The minimum absolute atomic E-state index is 0.0292. The molecule has 0 aromatic carbocycles. The van der Waals surface area contributed by atoms with Crippen LogP contribution in [0.25, 0.3) is 0 Å². The zero-order valence-electron chi connectivity index (χ0n) is 8.92. The molecule has 1 amide bonds. The van der Waals surface area contributed by atoms with E-state index in [9.17, 15) is 9.90 Å². The number of likely N-dealkylation sites (N-methyl/N-ethyl adjacent to an activating group) is 1. The summed E-state index contributed by atoms with van der Waals surface area (Å²) in [6.07, 6.45) is 3.49. The van der Waals surface area contributed by atoms with Crippen LogP contribution in [0.3, 0.4) is 0 Å². The molecule has 3 unspecified atom stereocenters. The molecular formula is C10H20N2O2. The van der Waals surface area contributed by atoms with Crippen LogP contribution < -0.4 is 10.6 Å². The van der Waals surface area contributed by atoms with E-state index in [0.29, 0.717) is 0 Å². The summed E-state index contributed by atoms with van der Waals surface area (Å²) >= 11 is 0. The molecule has 1 aliphatic carbocycles. The third kappa shape index (κ3) is 2.96. The number of amides is 1. The number of nitrogens with one attached hydrogen (secondary N) is 2. The second kappa shape index (κ2) is 5.32. The second-order valence-electron chi connectivity index (χ2n) is 3.98. The summed E-state index contributed by atoms with van der Waals surface area (Å²) in [6, 6.07) is -0.240. The highest BCUT2D eigenvalue weighted by Crippen LogP contribution is 2.18. The van der Waals surface area contributed by atoms with Crippen LogP contribution in [0.2, 0.25) is 0 Å². The Hall–Kier alpha value is -0.610. The predicted octanol–water partition coefficient (Wildman–Crippen LogP) is 0.0140. The van der Waals surface area contributed by atoms with Crippen molar-refractivity contribution >= 4 is 5.91 Å². The third-order valence-corrected chi connectivity index (χ3v) is 2.88. The van der Waals surface area contributed by atoms with Crippen LogP contribution in [0.4, 0.5) is 0 Å². The van der Waals surface area contributed by atoms with E-state index in [4.69, 9.17) is 0 Å². The molecule has 1 rings (SSSR count). The van der Waals surface area contributed by atoms with Crippen LogP contribution in [0.1, 0.15) is 32.6 Å². The highest BCUT2D eigenvalue weighted by Gasteiger charge is 2.25. The lowest BCUT2D eigenvalue weighted by molar-refractivity contribution is -0.124. The molecule has 14 heavy (non-hydrogen) atoms. The Balaban J connectivity index is 2.38. The van der Waals surface area contributed by atoms with Crippen LogP contribution in [-0.2, 0) is 4.79 Å². The molecule has 0 spiro atoms. The maximum Gasteiger partial charge on any atom is 0.237 e. The van der Waals surface area contributed by atoms with Gasteiger partial charge in [0.25, 0.3) is 0 Å². The topological polar surface area (TPSA) is 61.4 Å². The highest BCUT2D eigenvalue weighted by atomic mass is 16.3. The number of carbonyl (C=O) groups is 1. The fourth-order valence-electron chi connectivity index (χ4n) is 1.72. The molecule has 0 heterocycles. The van der Waals surface area contributed by atoms with E-state index in [0.717, 1.165) is 25.7 Å². The lowest BCUT2D eigenvalue weighted by atomic mass is 9.92. The van der Waals surface area contributed by atoms with Crippen LogP contribution in [0, 0.1) is 0 Å². The molecule has 3 N–H and O–H groups in total. The van der Waals surface area contributed by atoms with Crippen LogP contribution in [0.5, 0.6) is 0 Å². The van der Waals surface area contributed by atoms with E-state index in [1.807, 2.05) is 6.92 Å². The van der Waals surface area contributed by atoms with Crippen LogP contribution in [-0.4, -0.2) is 36.2 Å². The number of aliphatic hydroxyl groups excluding tert-OH is 1. The summed E-state index contributed by atoms with van der Waals surface area (Å²) in [5.74, 6) is -0.0292. The zero-order valence-corrected chi connectivity index (χ0v) is 8.92. The van der Waals surface area contributed by atoms with Crippen molar-refractivity contribution in [2.45, 2.75) is 50.8 Å². The molecular weight excluding hydrogens is 180 g/mol. The summed E-state index contributed by atoms with van der Waals surface area (Å²) in [6.45, 7) is 1.81. The summed E-state index contributed by atoms with van der Waals surface area (Å²) in [5.41, 5.74) is 0. The van der Waals surface area contributed by atoms with Crippen molar-refractivity contribution < 1.29 is 9.90 Å². The van der Waals surface area contributed by atoms with Crippen molar-refractivity contribution in [2.75, 3.05) is 7.05 Å². The molecule has 3 atom stereocenters. The zero-order chi connectivity index (χ0) is 10.6. The summed E-state index contributed by atoms with van der Waals surface area (Å²) < 4.78 is 0. The van der Waals surface area contributed by atoms with E-state index in [2.05, 4.69) is 10.6 Å². The molecule has 1 aliphatic rings. The monoisotopic (exact) mass is 200 g/mol. The maximum atomic E-state index is 11.5. The van der Waals surface area contributed by atoms with Gasteiger partial charge in [0, 0.05) is 0 Å². The molecule has 0 radical (unpaired) electrons. The average Bonchev–Trinajstić information content (AvgIpc) is 2.20. The Morgan fingerprint density at radius 1 is 1.43 bits per heavy atom. The van der Waals surface area contributed by atoms with Gasteiger partial charge in [0.1, 0.15) is 0 Å². The van der Waals surface area contributed by atoms with E-state index in [-0.39, 0.29) is 24.1 Å². The number of hydrogen-bond donors (Lipinski definition) is 3. The summed E-state index contributed by atoms with van der Waals surface area (Å²) in [5, 5.41) is 15.4. The first-order valence-corrected chi connectivity index (χ1v) is 5.31. The number of aliphatic hydroxyl groups is 1. The van der Waals surface area contributed by atoms with Gasteiger partial charge in [0.2, 0.25) is 5.91 Å². The normalized spacial score (nSPS) is 29.6. The first-order valence-electron chi connectivity index (χ1n) is 5.31. The predicted molar refractivity (Wildman–Crippen MR) is 54.9 cm³/mol. The fourth-order valence-corrected chi connectivity index (χ4v) is 1.72. The molecule has 0 aromatic heterocycles. The van der Waals surface area contributed by atoms with Gasteiger partial charge < -0.3 is 15.7 Å². The van der Waals surface area contributed by atoms with E-state index < -0.39 is 0 Å². The van der Waals surface area contributed by atoms with Gasteiger partial charge in [-0.15, -0.1) is 0 Å². The smallest absolute Gasteiger partial charge is 0.237 e. The molecule has 0 saturated heterocycles. The van der Waals surface area contributed by atoms with Gasteiger partial charge in [0.15, 0.2) is 0 Å². The lowest BCUT2D eigenvalue weighted by Crippen LogP contribution is -2.50. The van der Waals surface area contributed by atoms with Crippen molar-refractivity contribution in [1.82, 2.24) is 10.6 Å². The summed E-state index contributed by atoms with van der Waals surface area (Å²) in [4.78, 5) is 11.5. The van der Waals surface area contributed by atoms with Gasteiger partial charge in [-0.25, -0.2) is 0 Å². The number of carbonyl (C=O) groups excluding carboxylic acids is 1. The average molecular weight is 200 g/mol. The van der Waals surface area contributed by atoms with Crippen LogP contribution >= 0.6 is 0 Å². The summed E-state index contributed by atoms with van der Waals surface area (Å²) in [7, 11) is 1.75. The minimum Gasteiger partial charge on any atom is -0.391 e. The Kier molecular flexibility index (Phi) is 4.35. The SMILES string of the molecule is CNC(C)C(=O)NC1CCCCC1O. The Morgan fingerprint density at radius 3 is 2.64 bits per heavy atom. The van der Waals surface area contributed by atoms with Gasteiger partial charge in [0.05, 0.1) is 18.2 Å². The first-order chi connectivity index (χ1) is 6.65. The molecule has 82 valence electrons. The highest BCUT2D eigenvalue weighted by molar-refractivity contribution is 5.81. The second-order valence-corrected chi connectivity index (χ2v) is 3.98. The first kappa shape index (κ1) is 11.5. The molecule has 4 nitrogen and oxygen atoms in total. The lowest BCUT2D eigenvalue weighted by Gasteiger charge is -2.29. The van der Waals surface area contributed by atoms with E-state index in [1.54, 1.807) is 7.05 Å². The van der Waals surface area contributed by atoms with Crippen molar-refractivity contribution in [1.29, 1.82) is 0 Å².